The molecule has 0 spiro atoms. The van der Waals surface area contributed by atoms with Gasteiger partial charge in [0.2, 0.25) is 11.8 Å². The van der Waals surface area contributed by atoms with Gasteiger partial charge in [0.15, 0.2) is 0 Å². The van der Waals surface area contributed by atoms with Crippen LogP contribution in [0.3, 0.4) is 0 Å². The van der Waals surface area contributed by atoms with Crippen molar-refractivity contribution in [3.05, 3.63) is 29.8 Å². The van der Waals surface area contributed by atoms with E-state index in [-0.39, 0.29) is 11.8 Å². The highest BCUT2D eigenvalue weighted by atomic mass is 16.2. The maximum absolute atomic E-state index is 12.3. The molecule has 1 aliphatic heterocycles. The molecule has 0 aromatic heterocycles. The molecule has 1 aromatic carbocycles. The number of fused-ring (bicyclic) bond motifs is 1. The highest BCUT2D eigenvalue weighted by molar-refractivity contribution is 5.92. The van der Waals surface area contributed by atoms with Crippen LogP contribution in [0.4, 0.5) is 5.69 Å². The summed E-state index contributed by atoms with van der Waals surface area (Å²) in [5.74, 6) is 0.216. The molecule has 5 heteroatoms. The van der Waals surface area contributed by atoms with Crippen LogP contribution in [0.1, 0.15) is 57.4 Å². The molecule has 1 saturated carbocycles. The molecule has 1 aliphatic carbocycles. The van der Waals surface area contributed by atoms with Crippen LogP contribution >= 0.6 is 0 Å². The van der Waals surface area contributed by atoms with Gasteiger partial charge in [-0.25, -0.2) is 0 Å². The van der Waals surface area contributed by atoms with E-state index in [1.54, 1.807) is 6.92 Å². The molecule has 3 rings (SSSR count). The molecule has 1 fully saturated rings. The molecule has 0 radical (unpaired) electrons. The normalized spacial score (nSPS) is 19.8. The van der Waals surface area contributed by atoms with Crippen molar-refractivity contribution in [2.75, 3.05) is 24.5 Å². The quantitative estimate of drug-likeness (QED) is 0.904. The Bertz CT molecular complexity index is 627. The zero-order chi connectivity index (χ0) is 18.4. The number of hydrogen-bond donors (Lipinski definition) is 1. The molecular weight excluding hydrogens is 326 g/mol. The Hall–Kier alpha value is -1.88. The van der Waals surface area contributed by atoms with E-state index in [0.29, 0.717) is 19.1 Å². The van der Waals surface area contributed by atoms with Gasteiger partial charge in [-0.2, -0.15) is 0 Å². The minimum atomic E-state index is 0.0903. The van der Waals surface area contributed by atoms with Gasteiger partial charge in [0.1, 0.15) is 0 Å². The lowest BCUT2D eigenvalue weighted by Gasteiger charge is -2.28. The van der Waals surface area contributed by atoms with Crippen LogP contribution in [-0.4, -0.2) is 42.4 Å². The number of rotatable bonds is 3. The van der Waals surface area contributed by atoms with Crippen LogP contribution in [0.25, 0.3) is 0 Å². The van der Waals surface area contributed by atoms with Gasteiger partial charge in [0.25, 0.3) is 0 Å². The third-order valence-corrected chi connectivity index (χ3v) is 5.22. The Labute approximate surface area is 156 Å². The topological polar surface area (TPSA) is 52.7 Å². The minimum absolute atomic E-state index is 0.0903. The second-order valence-corrected chi connectivity index (χ2v) is 7.62. The molecule has 2 amide bonds. The summed E-state index contributed by atoms with van der Waals surface area (Å²) >= 11 is 0. The number of nitrogens with zero attached hydrogens (tertiary/aromatic N) is 2. The maximum atomic E-state index is 12.3. The molecule has 0 unspecified atom stereocenters. The van der Waals surface area contributed by atoms with Crippen LogP contribution in [0.5, 0.6) is 0 Å². The van der Waals surface area contributed by atoms with Crippen molar-refractivity contribution < 1.29 is 9.59 Å². The number of carbonyl (C=O) groups is 2. The predicted octanol–water partition coefficient (Wildman–Crippen LogP) is 3.08. The van der Waals surface area contributed by atoms with Crippen molar-refractivity contribution in [1.29, 1.82) is 0 Å². The van der Waals surface area contributed by atoms with Crippen molar-refractivity contribution >= 4 is 17.5 Å². The smallest absolute Gasteiger partial charge is 0.234 e. The molecule has 26 heavy (non-hydrogen) atoms. The van der Waals surface area contributed by atoms with E-state index in [1.165, 1.54) is 12.8 Å². The van der Waals surface area contributed by atoms with Crippen molar-refractivity contribution in [2.45, 2.75) is 64.5 Å². The second-order valence-electron chi connectivity index (χ2n) is 7.62. The van der Waals surface area contributed by atoms with E-state index in [2.05, 4.69) is 16.3 Å². The molecule has 142 valence electrons. The summed E-state index contributed by atoms with van der Waals surface area (Å²) < 4.78 is 0. The van der Waals surface area contributed by atoms with Crippen LogP contribution in [0.15, 0.2) is 24.3 Å². The summed E-state index contributed by atoms with van der Waals surface area (Å²) in [6.07, 6.45) is 7.91. The van der Waals surface area contributed by atoms with Gasteiger partial charge in [0.05, 0.1) is 6.54 Å². The highest BCUT2D eigenvalue weighted by Crippen LogP contribution is 2.24. The first-order valence-electron chi connectivity index (χ1n) is 10.0. The fourth-order valence-electron chi connectivity index (χ4n) is 3.65. The van der Waals surface area contributed by atoms with Gasteiger partial charge in [-0.05, 0) is 43.9 Å². The number of carbonyl (C=O) groups excluding carboxylic acids is 2. The van der Waals surface area contributed by atoms with Gasteiger partial charge in [-0.1, -0.05) is 37.5 Å². The first kappa shape index (κ1) is 18.9. The lowest BCUT2D eigenvalue weighted by atomic mass is 10.1. The van der Waals surface area contributed by atoms with E-state index in [1.807, 2.05) is 23.1 Å². The number of amides is 2. The largest absolute Gasteiger partial charge is 0.352 e. The zero-order valence-electron chi connectivity index (χ0n) is 15.9. The van der Waals surface area contributed by atoms with Crippen LogP contribution < -0.4 is 10.2 Å². The first-order chi connectivity index (χ1) is 12.6. The van der Waals surface area contributed by atoms with Crippen LogP contribution in [0.2, 0.25) is 0 Å². The molecule has 5 nitrogen and oxygen atoms in total. The number of hydrogen-bond acceptors (Lipinski definition) is 3. The predicted molar refractivity (Wildman–Crippen MR) is 104 cm³/mol. The molecule has 0 bridgehead atoms. The SMILES string of the molecule is CC(=O)N1CCCCCCCN(CC(=O)NC2CC2)Cc2ccccc21. The van der Waals surface area contributed by atoms with Crippen molar-refractivity contribution in [3.8, 4) is 0 Å². The lowest BCUT2D eigenvalue weighted by molar-refractivity contribution is -0.122. The molecule has 2 aliphatic rings. The maximum Gasteiger partial charge on any atom is 0.234 e. The molecule has 0 saturated heterocycles. The number of benzene rings is 1. The van der Waals surface area contributed by atoms with Crippen LogP contribution in [-0.2, 0) is 16.1 Å². The summed E-state index contributed by atoms with van der Waals surface area (Å²) in [5, 5.41) is 3.09. The summed E-state index contributed by atoms with van der Waals surface area (Å²) in [5.41, 5.74) is 2.12. The zero-order valence-corrected chi connectivity index (χ0v) is 15.9. The van der Waals surface area contributed by atoms with E-state index in [4.69, 9.17) is 0 Å². The Morgan fingerprint density at radius 1 is 1.04 bits per heavy atom. The van der Waals surface area contributed by atoms with Gasteiger partial charge in [-0.3, -0.25) is 14.5 Å². The van der Waals surface area contributed by atoms with Gasteiger partial charge in [0, 0.05) is 31.7 Å². The van der Waals surface area contributed by atoms with Crippen molar-refractivity contribution in [3.63, 3.8) is 0 Å². The highest BCUT2D eigenvalue weighted by Gasteiger charge is 2.24. The Morgan fingerprint density at radius 3 is 2.46 bits per heavy atom. The molecule has 1 aromatic rings. The standard InChI is InChI=1S/C21H31N3O2/c1-17(25)24-14-8-4-2-3-7-13-23(16-21(26)22-19-11-12-19)15-18-9-5-6-10-20(18)24/h5-6,9-10,19H,2-4,7-8,11-16H2,1H3,(H,22,26). The molecule has 1 heterocycles. The lowest BCUT2D eigenvalue weighted by Crippen LogP contribution is -2.39. The molecule has 0 atom stereocenters. The van der Waals surface area contributed by atoms with E-state index >= 15 is 0 Å². The summed E-state index contributed by atoms with van der Waals surface area (Å²) in [6.45, 7) is 4.48. The average molecular weight is 357 g/mol. The summed E-state index contributed by atoms with van der Waals surface area (Å²) in [4.78, 5) is 28.7. The number of nitrogens with one attached hydrogen (secondary N) is 1. The monoisotopic (exact) mass is 357 g/mol. The van der Waals surface area contributed by atoms with Gasteiger partial charge < -0.3 is 10.2 Å². The summed E-state index contributed by atoms with van der Waals surface area (Å²) in [7, 11) is 0. The molecular formula is C21H31N3O2. The second kappa shape index (κ2) is 9.17. The summed E-state index contributed by atoms with van der Waals surface area (Å²) in [6, 6.07) is 8.53. The number of para-hydroxylation sites is 1. The van der Waals surface area contributed by atoms with Crippen molar-refractivity contribution in [1.82, 2.24) is 10.2 Å². The Balaban J connectivity index is 1.77. The Morgan fingerprint density at radius 2 is 1.73 bits per heavy atom. The Kier molecular flexibility index (Phi) is 6.67. The third kappa shape index (κ3) is 5.56. The third-order valence-electron chi connectivity index (χ3n) is 5.22. The van der Waals surface area contributed by atoms with E-state index in [0.717, 1.165) is 56.4 Å². The van der Waals surface area contributed by atoms with Gasteiger partial charge in [-0.15, -0.1) is 0 Å². The fourth-order valence-corrected chi connectivity index (χ4v) is 3.65. The van der Waals surface area contributed by atoms with Crippen LogP contribution in [0, 0.1) is 0 Å². The molecule has 1 N–H and O–H groups in total. The fraction of sp³-hybridized carbons (Fsp3) is 0.619. The number of anilines is 1. The minimum Gasteiger partial charge on any atom is -0.352 e. The van der Waals surface area contributed by atoms with Crippen molar-refractivity contribution in [2.24, 2.45) is 0 Å². The van der Waals surface area contributed by atoms with E-state index < -0.39 is 0 Å². The van der Waals surface area contributed by atoms with E-state index in [9.17, 15) is 9.59 Å². The first-order valence-corrected chi connectivity index (χ1v) is 10.0. The van der Waals surface area contributed by atoms with Gasteiger partial charge >= 0.3 is 0 Å². The average Bonchev–Trinajstić information content (AvgIpc) is 3.40.